The van der Waals surface area contributed by atoms with Gasteiger partial charge in [-0.25, -0.2) is 0 Å². The molecule has 0 unspecified atom stereocenters. The highest BCUT2D eigenvalue weighted by Gasteiger charge is 2.14. The van der Waals surface area contributed by atoms with Crippen LogP contribution in [0.2, 0.25) is 0 Å². The summed E-state index contributed by atoms with van der Waals surface area (Å²) >= 11 is 0. The highest BCUT2D eigenvalue weighted by atomic mass is 15.0. The molecule has 0 amide bonds. The van der Waals surface area contributed by atoms with Crippen molar-refractivity contribution >= 4 is 5.69 Å². The zero-order chi connectivity index (χ0) is 11.6. The topological polar surface area (TPSA) is 29.3 Å². The Bertz CT molecular complexity index is 335. The van der Waals surface area contributed by atoms with Crippen LogP contribution in [0.25, 0.3) is 0 Å². The maximum atomic E-state index is 5.91. The largest absolute Gasteiger partial charge is 0.399 e. The minimum atomic E-state index is 0.163. The van der Waals surface area contributed by atoms with E-state index >= 15 is 0 Å². The van der Waals surface area contributed by atoms with Crippen LogP contribution < -0.4 is 5.73 Å². The van der Waals surface area contributed by atoms with Crippen molar-refractivity contribution in [3.05, 3.63) is 29.3 Å². The van der Waals surface area contributed by atoms with E-state index in [1.165, 1.54) is 11.1 Å². The summed E-state index contributed by atoms with van der Waals surface area (Å²) in [4.78, 5) is 2.15. The lowest BCUT2D eigenvalue weighted by Crippen LogP contribution is -2.15. The Morgan fingerprint density at radius 1 is 1.13 bits per heavy atom. The van der Waals surface area contributed by atoms with Crippen LogP contribution in [-0.2, 0) is 12.0 Å². The summed E-state index contributed by atoms with van der Waals surface area (Å²) in [5, 5.41) is 0. The van der Waals surface area contributed by atoms with Crippen molar-refractivity contribution in [3.8, 4) is 0 Å². The van der Waals surface area contributed by atoms with Crippen LogP contribution in [0.15, 0.2) is 18.2 Å². The first-order valence-corrected chi connectivity index (χ1v) is 5.33. The van der Waals surface area contributed by atoms with Crippen LogP contribution in [0, 0.1) is 0 Å². The first-order valence-electron chi connectivity index (χ1n) is 5.33. The second-order valence-electron chi connectivity index (χ2n) is 5.45. The standard InChI is InChI=1S/C13H22N2/c1-13(2,3)11-6-10(9-15(4)5)7-12(14)8-11/h6-8H,9,14H2,1-5H3. The highest BCUT2D eigenvalue weighted by molar-refractivity contribution is 5.46. The van der Waals surface area contributed by atoms with Crippen molar-refractivity contribution in [2.75, 3.05) is 19.8 Å². The number of rotatable bonds is 2. The van der Waals surface area contributed by atoms with Gasteiger partial charge in [0.25, 0.3) is 0 Å². The zero-order valence-electron chi connectivity index (χ0n) is 10.5. The van der Waals surface area contributed by atoms with Gasteiger partial charge < -0.3 is 10.6 Å². The Hall–Kier alpha value is -1.02. The van der Waals surface area contributed by atoms with Crippen LogP contribution in [0.3, 0.4) is 0 Å². The molecule has 0 fully saturated rings. The highest BCUT2D eigenvalue weighted by Crippen LogP contribution is 2.25. The summed E-state index contributed by atoms with van der Waals surface area (Å²) in [5.41, 5.74) is 9.52. The third-order valence-corrected chi connectivity index (χ3v) is 2.38. The van der Waals surface area contributed by atoms with Gasteiger partial charge in [-0.3, -0.25) is 0 Å². The van der Waals surface area contributed by atoms with Gasteiger partial charge in [0.1, 0.15) is 0 Å². The van der Waals surface area contributed by atoms with Crippen LogP contribution in [0.5, 0.6) is 0 Å². The molecule has 0 radical (unpaired) electrons. The molecule has 0 aliphatic carbocycles. The third kappa shape index (κ3) is 3.56. The summed E-state index contributed by atoms with van der Waals surface area (Å²) < 4.78 is 0. The zero-order valence-corrected chi connectivity index (χ0v) is 10.5. The average molecular weight is 206 g/mol. The van der Waals surface area contributed by atoms with E-state index in [1.54, 1.807) is 0 Å². The summed E-state index contributed by atoms with van der Waals surface area (Å²) in [6, 6.07) is 6.37. The van der Waals surface area contributed by atoms with E-state index in [0.29, 0.717) is 0 Å². The van der Waals surface area contributed by atoms with Crippen molar-refractivity contribution < 1.29 is 0 Å². The lowest BCUT2D eigenvalue weighted by Gasteiger charge is -2.21. The van der Waals surface area contributed by atoms with Crippen molar-refractivity contribution in [1.82, 2.24) is 4.90 Å². The molecule has 2 nitrogen and oxygen atoms in total. The molecule has 2 N–H and O–H groups in total. The molecule has 1 rings (SSSR count). The number of hydrogen-bond acceptors (Lipinski definition) is 2. The Morgan fingerprint density at radius 2 is 1.73 bits per heavy atom. The molecule has 0 aliphatic rings. The summed E-state index contributed by atoms with van der Waals surface area (Å²) in [7, 11) is 4.14. The van der Waals surface area contributed by atoms with Crippen molar-refractivity contribution in [2.24, 2.45) is 0 Å². The van der Waals surface area contributed by atoms with E-state index in [1.807, 2.05) is 0 Å². The van der Waals surface area contributed by atoms with Crippen LogP contribution in [0.4, 0.5) is 5.69 Å². The number of anilines is 1. The molecule has 15 heavy (non-hydrogen) atoms. The third-order valence-electron chi connectivity index (χ3n) is 2.38. The van der Waals surface area contributed by atoms with Gasteiger partial charge >= 0.3 is 0 Å². The molecular formula is C13H22N2. The predicted molar refractivity (Wildman–Crippen MR) is 66.9 cm³/mol. The molecule has 84 valence electrons. The monoisotopic (exact) mass is 206 g/mol. The fourth-order valence-corrected chi connectivity index (χ4v) is 1.61. The number of nitrogens with two attached hydrogens (primary N) is 1. The van der Waals surface area contributed by atoms with Gasteiger partial charge in [0.15, 0.2) is 0 Å². The Kier molecular flexibility index (Phi) is 3.40. The van der Waals surface area contributed by atoms with E-state index < -0.39 is 0 Å². The van der Waals surface area contributed by atoms with E-state index in [-0.39, 0.29) is 5.41 Å². The van der Waals surface area contributed by atoms with Crippen molar-refractivity contribution in [3.63, 3.8) is 0 Å². The molecule has 0 saturated carbocycles. The number of benzene rings is 1. The molecule has 0 saturated heterocycles. The van der Waals surface area contributed by atoms with Gasteiger partial charge in [0.05, 0.1) is 0 Å². The molecule has 0 spiro atoms. The molecule has 2 heteroatoms. The van der Waals surface area contributed by atoms with Gasteiger partial charge in [-0.15, -0.1) is 0 Å². The predicted octanol–water partition coefficient (Wildman–Crippen LogP) is 2.63. The molecule has 0 heterocycles. The van der Waals surface area contributed by atoms with E-state index in [0.717, 1.165) is 12.2 Å². The minimum Gasteiger partial charge on any atom is -0.399 e. The number of nitrogens with zero attached hydrogens (tertiary/aromatic N) is 1. The fourth-order valence-electron chi connectivity index (χ4n) is 1.61. The minimum absolute atomic E-state index is 0.163. The van der Waals surface area contributed by atoms with E-state index in [2.05, 4.69) is 58.0 Å². The Labute approximate surface area is 93.1 Å². The molecule has 0 aromatic heterocycles. The van der Waals surface area contributed by atoms with Crippen LogP contribution >= 0.6 is 0 Å². The molecule has 0 atom stereocenters. The maximum Gasteiger partial charge on any atom is 0.0320 e. The summed E-state index contributed by atoms with van der Waals surface area (Å²) in [6.07, 6.45) is 0. The lowest BCUT2D eigenvalue weighted by molar-refractivity contribution is 0.402. The van der Waals surface area contributed by atoms with Crippen LogP contribution in [0.1, 0.15) is 31.9 Å². The fraction of sp³-hybridized carbons (Fsp3) is 0.538. The average Bonchev–Trinajstić information content (AvgIpc) is 1.99. The summed E-state index contributed by atoms with van der Waals surface area (Å²) in [6.45, 7) is 7.57. The first-order chi connectivity index (χ1) is 6.79. The van der Waals surface area contributed by atoms with Gasteiger partial charge in [0.2, 0.25) is 0 Å². The molecule has 0 bridgehead atoms. The molecule has 0 aliphatic heterocycles. The summed E-state index contributed by atoms with van der Waals surface area (Å²) in [5.74, 6) is 0. The smallest absolute Gasteiger partial charge is 0.0320 e. The quantitative estimate of drug-likeness (QED) is 0.754. The number of nitrogen functional groups attached to an aromatic ring is 1. The van der Waals surface area contributed by atoms with Crippen LogP contribution in [-0.4, -0.2) is 19.0 Å². The number of hydrogen-bond donors (Lipinski definition) is 1. The Balaban J connectivity index is 3.06. The van der Waals surface area contributed by atoms with Gasteiger partial charge in [-0.1, -0.05) is 26.8 Å². The maximum absolute atomic E-state index is 5.91. The SMILES string of the molecule is CN(C)Cc1cc(N)cc(C(C)(C)C)c1. The van der Waals surface area contributed by atoms with Crippen molar-refractivity contribution in [1.29, 1.82) is 0 Å². The van der Waals surface area contributed by atoms with Crippen molar-refractivity contribution in [2.45, 2.75) is 32.7 Å². The second-order valence-corrected chi connectivity index (χ2v) is 5.45. The lowest BCUT2D eigenvalue weighted by atomic mass is 9.86. The molecule has 1 aromatic rings. The van der Waals surface area contributed by atoms with Gasteiger partial charge in [-0.05, 0) is 42.8 Å². The molecular weight excluding hydrogens is 184 g/mol. The first kappa shape index (κ1) is 12.1. The van der Waals surface area contributed by atoms with E-state index in [4.69, 9.17) is 5.73 Å². The normalized spacial score (nSPS) is 12.1. The van der Waals surface area contributed by atoms with E-state index in [9.17, 15) is 0 Å². The van der Waals surface area contributed by atoms with Gasteiger partial charge in [0, 0.05) is 12.2 Å². The molecule has 1 aromatic carbocycles. The van der Waals surface area contributed by atoms with Gasteiger partial charge in [-0.2, -0.15) is 0 Å². The Morgan fingerprint density at radius 3 is 2.20 bits per heavy atom. The second kappa shape index (κ2) is 4.23.